The highest BCUT2D eigenvalue weighted by molar-refractivity contribution is 5.99. The van der Waals surface area contributed by atoms with Crippen LogP contribution in [0.3, 0.4) is 0 Å². The van der Waals surface area contributed by atoms with Crippen molar-refractivity contribution >= 4 is 11.6 Å². The average Bonchev–Trinajstić information content (AvgIpc) is 2.71. The average molecular weight is 242 g/mol. The van der Waals surface area contributed by atoms with Crippen LogP contribution in [-0.4, -0.2) is 15.7 Å². The van der Waals surface area contributed by atoms with Crippen molar-refractivity contribution in [2.24, 2.45) is 7.05 Å². The van der Waals surface area contributed by atoms with Crippen LogP contribution >= 0.6 is 0 Å². The van der Waals surface area contributed by atoms with Gasteiger partial charge in [-0.15, -0.1) is 0 Å². The molecule has 0 saturated carbocycles. The van der Waals surface area contributed by atoms with Crippen molar-refractivity contribution in [1.82, 2.24) is 15.1 Å². The molecule has 3 rings (SSSR count). The van der Waals surface area contributed by atoms with Gasteiger partial charge in [0, 0.05) is 13.2 Å². The van der Waals surface area contributed by atoms with E-state index >= 15 is 0 Å². The van der Waals surface area contributed by atoms with E-state index in [4.69, 9.17) is 0 Å². The number of nitrogens with one attached hydrogen (secondary N) is 2. The molecular formula is C13H14N4O. The summed E-state index contributed by atoms with van der Waals surface area (Å²) in [6, 6.07) is 8.08. The van der Waals surface area contributed by atoms with Crippen LogP contribution in [0.25, 0.3) is 0 Å². The van der Waals surface area contributed by atoms with Crippen LogP contribution in [0, 0.1) is 6.92 Å². The summed E-state index contributed by atoms with van der Waals surface area (Å²) in [5, 5.41) is 10.3. The summed E-state index contributed by atoms with van der Waals surface area (Å²) in [4.78, 5) is 11.9. The predicted molar refractivity (Wildman–Crippen MR) is 68.2 cm³/mol. The topological polar surface area (TPSA) is 59.0 Å². The number of carbonyl (C=O) groups is 1. The first-order valence-electron chi connectivity index (χ1n) is 5.81. The summed E-state index contributed by atoms with van der Waals surface area (Å²) >= 11 is 0. The van der Waals surface area contributed by atoms with Crippen LogP contribution in [0.4, 0.5) is 5.69 Å². The van der Waals surface area contributed by atoms with E-state index in [0.717, 1.165) is 11.3 Å². The smallest absolute Gasteiger partial charge is 0.275 e. The number of anilines is 1. The molecule has 2 N–H and O–H groups in total. The number of amides is 1. The van der Waals surface area contributed by atoms with Crippen molar-refractivity contribution in [2.45, 2.75) is 13.1 Å². The number of benzene rings is 1. The summed E-state index contributed by atoms with van der Waals surface area (Å²) in [6.45, 7) is 2.04. The van der Waals surface area contributed by atoms with Gasteiger partial charge in [0.2, 0.25) is 0 Å². The summed E-state index contributed by atoms with van der Waals surface area (Å²) in [6.07, 6.45) is 1.62. The molecule has 2 heterocycles. The van der Waals surface area contributed by atoms with Gasteiger partial charge in [-0.1, -0.05) is 29.8 Å². The molecule has 1 atom stereocenters. The van der Waals surface area contributed by atoms with E-state index in [1.807, 2.05) is 37.4 Å². The lowest BCUT2D eigenvalue weighted by Gasteiger charge is -2.25. The molecule has 0 fully saturated rings. The van der Waals surface area contributed by atoms with Crippen LogP contribution in [0.2, 0.25) is 0 Å². The van der Waals surface area contributed by atoms with Gasteiger partial charge in [-0.25, -0.2) is 0 Å². The zero-order valence-corrected chi connectivity index (χ0v) is 10.3. The summed E-state index contributed by atoms with van der Waals surface area (Å²) in [7, 11) is 1.80. The number of nitrogens with zero attached hydrogens (tertiary/aromatic N) is 2. The Morgan fingerprint density at radius 2 is 1.94 bits per heavy atom. The zero-order chi connectivity index (χ0) is 12.7. The molecule has 0 unspecified atom stereocenters. The molecule has 18 heavy (non-hydrogen) atoms. The molecule has 1 aromatic carbocycles. The normalized spacial score (nSPS) is 17.9. The predicted octanol–water partition coefficient (Wildman–Crippen LogP) is 1.58. The first-order valence-corrected chi connectivity index (χ1v) is 5.81. The molecule has 0 radical (unpaired) electrons. The van der Waals surface area contributed by atoms with Gasteiger partial charge in [-0.05, 0) is 12.5 Å². The maximum absolute atomic E-state index is 11.9. The molecule has 5 nitrogen and oxygen atoms in total. The van der Waals surface area contributed by atoms with Crippen LogP contribution in [0.15, 0.2) is 30.5 Å². The molecule has 92 valence electrons. The van der Waals surface area contributed by atoms with Gasteiger partial charge < -0.3 is 10.6 Å². The lowest BCUT2D eigenvalue weighted by atomic mass is 10.1. The molecule has 0 aliphatic carbocycles. The number of aryl methyl sites for hydroxylation is 2. The second-order valence-corrected chi connectivity index (χ2v) is 4.53. The fourth-order valence-corrected chi connectivity index (χ4v) is 2.08. The van der Waals surface area contributed by atoms with E-state index in [9.17, 15) is 4.79 Å². The molecular weight excluding hydrogens is 228 g/mol. The van der Waals surface area contributed by atoms with E-state index in [1.54, 1.807) is 11.7 Å². The van der Waals surface area contributed by atoms with Crippen molar-refractivity contribution in [2.75, 3.05) is 5.32 Å². The Morgan fingerprint density at radius 3 is 2.67 bits per heavy atom. The minimum atomic E-state index is -0.199. The van der Waals surface area contributed by atoms with Gasteiger partial charge in [0.1, 0.15) is 6.17 Å². The standard InChI is InChI=1S/C13H14N4O/c1-8-3-5-9(6-4-8)12-14-10-7-17(2)16-11(10)13(18)15-12/h3-7,12,14H,1-2H3,(H,15,18)/t12-/m1/s1. The molecule has 1 aliphatic rings. The Balaban J connectivity index is 1.94. The highest BCUT2D eigenvalue weighted by atomic mass is 16.2. The van der Waals surface area contributed by atoms with Crippen molar-refractivity contribution < 1.29 is 4.79 Å². The maximum Gasteiger partial charge on any atom is 0.275 e. The Kier molecular flexibility index (Phi) is 2.33. The van der Waals surface area contributed by atoms with Crippen LogP contribution in [0.1, 0.15) is 27.8 Å². The van der Waals surface area contributed by atoms with Gasteiger partial charge in [0.05, 0.1) is 5.69 Å². The Bertz CT molecular complexity index is 600. The van der Waals surface area contributed by atoms with Crippen LogP contribution in [-0.2, 0) is 7.05 Å². The third-order valence-electron chi connectivity index (χ3n) is 3.03. The van der Waals surface area contributed by atoms with E-state index in [-0.39, 0.29) is 12.1 Å². The minimum absolute atomic E-state index is 0.144. The number of hydrogen-bond acceptors (Lipinski definition) is 3. The minimum Gasteiger partial charge on any atom is -0.358 e. The highest BCUT2D eigenvalue weighted by Crippen LogP contribution is 2.25. The third kappa shape index (κ3) is 1.73. The fourth-order valence-electron chi connectivity index (χ4n) is 2.08. The van der Waals surface area contributed by atoms with E-state index < -0.39 is 0 Å². The Hall–Kier alpha value is -2.30. The second-order valence-electron chi connectivity index (χ2n) is 4.53. The monoisotopic (exact) mass is 242 g/mol. The SMILES string of the molecule is Cc1ccc([C@H]2NC(=O)c3nn(C)cc3N2)cc1. The maximum atomic E-state index is 11.9. The van der Waals surface area contributed by atoms with Gasteiger partial charge >= 0.3 is 0 Å². The first kappa shape index (κ1) is 10.8. The number of rotatable bonds is 1. The summed E-state index contributed by atoms with van der Waals surface area (Å²) in [5.74, 6) is -0.144. The van der Waals surface area contributed by atoms with Crippen molar-refractivity contribution in [3.8, 4) is 0 Å². The van der Waals surface area contributed by atoms with E-state index in [1.165, 1.54) is 5.56 Å². The van der Waals surface area contributed by atoms with Crippen molar-refractivity contribution in [1.29, 1.82) is 0 Å². The van der Waals surface area contributed by atoms with Crippen molar-refractivity contribution in [3.05, 3.63) is 47.3 Å². The highest BCUT2D eigenvalue weighted by Gasteiger charge is 2.27. The quantitative estimate of drug-likeness (QED) is 0.798. The van der Waals surface area contributed by atoms with Gasteiger partial charge in [-0.3, -0.25) is 9.48 Å². The van der Waals surface area contributed by atoms with E-state index in [0.29, 0.717) is 5.69 Å². The largest absolute Gasteiger partial charge is 0.358 e. The number of aromatic nitrogens is 2. The second kappa shape index (κ2) is 3.87. The molecule has 5 heteroatoms. The lowest BCUT2D eigenvalue weighted by molar-refractivity contribution is 0.0930. The van der Waals surface area contributed by atoms with Gasteiger partial charge in [0.25, 0.3) is 5.91 Å². The summed E-state index contributed by atoms with van der Waals surface area (Å²) < 4.78 is 1.63. The molecule has 1 aromatic heterocycles. The Labute approximate surface area is 105 Å². The number of carbonyl (C=O) groups excluding carboxylic acids is 1. The fraction of sp³-hybridized carbons (Fsp3) is 0.231. The molecule has 2 aromatic rings. The number of hydrogen-bond donors (Lipinski definition) is 2. The molecule has 0 bridgehead atoms. The number of fused-ring (bicyclic) bond motifs is 1. The molecule has 0 saturated heterocycles. The van der Waals surface area contributed by atoms with Crippen molar-refractivity contribution in [3.63, 3.8) is 0 Å². The zero-order valence-electron chi connectivity index (χ0n) is 10.3. The van der Waals surface area contributed by atoms with Gasteiger partial charge in [-0.2, -0.15) is 5.10 Å². The lowest BCUT2D eigenvalue weighted by Crippen LogP contribution is -2.38. The summed E-state index contributed by atoms with van der Waals surface area (Å²) in [5.41, 5.74) is 3.44. The first-order chi connectivity index (χ1) is 8.63. The third-order valence-corrected chi connectivity index (χ3v) is 3.03. The molecule has 1 aliphatic heterocycles. The van der Waals surface area contributed by atoms with E-state index in [2.05, 4.69) is 15.7 Å². The molecule has 0 spiro atoms. The van der Waals surface area contributed by atoms with Crippen LogP contribution < -0.4 is 10.6 Å². The molecule has 1 amide bonds. The van der Waals surface area contributed by atoms with Crippen LogP contribution in [0.5, 0.6) is 0 Å². The van der Waals surface area contributed by atoms with Gasteiger partial charge in [0.15, 0.2) is 5.69 Å². The Morgan fingerprint density at radius 1 is 1.22 bits per heavy atom.